The monoisotopic (exact) mass is 420 g/mol. The highest BCUT2D eigenvalue weighted by atomic mass is 35.5. The molecule has 0 bridgehead atoms. The Bertz CT molecular complexity index is 1010. The van der Waals surface area contributed by atoms with Crippen molar-refractivity contribution in [2.45, 2.75) is 17.3 Å². The summed E-state index contributed by atoms with van der Waals surface area (Å²) in [5.41, 5.74) is 4.23. The summed E-state index contributed by atoms with van der Waals surface area (Å²) in [5, 5.41) is 0. The zero-order chi connectivity index (χ0) is 19.4. The quantitative estimate of drug-likeness (QED) is 0.607. The lowest BCUT2D eigenvalue weighted by atomic mass is 9.99. The standard InChI is InChI=1S/C20H21ClN2O2S2/c1-23(2)14-15-7-9-16(10-8-15)18-6-4-3-5-17(18)13-22-27(24,25)20-12-11-19(21)26-20/h3-12,22H,13-14H2,1-2H3. The lowest BCUT2D eigenvalue weighted by molar-refractivity contribution is 0.402. The molecule has 3 rings (SSSR count). The van der Waals surface area contributed by atoms with Crippen molar-refractivity contribution < 1.29 is 8.42 Å². The molecule has 7 heteroatoms. The van der Waals surface area contributed by atoms with Crippen molar-refractivity contribution in [3.63, 3.8) is 0 Å². The highest BCUT2D eigenvalue weighted by Crippen LogP contribution is 2.27. The second-order valence-corrected chi connectivity index (χ2v) is 10.2. The van der Waals surface area contributed by atoms with Crippen molar-refractivity contribution in [1.29, 1.82) is 0 Å². The van der Waals surface area contributed by atoms with E-state index in [2.05, 4.69) is 33.9 Å². The third kappa shape index (κ3) is 5.18. The molecular formula is C20H21ClN2O2S2. The van der Waals surface area contributed by atoms with E-state index in [9.17, 15) is 8.42 Å². The smallest absolute Gasteiger partial charge is 0.250 e. The van der Waals surface area contributed by atoms with Crippen molar-refractivity contribution in [2.75, 3.05) is 14.1 Å². The number of nitrogens with zero attached hydrogens (tertiary/aromatic N) is 1. The number of hydrogen-bond donors (Lipinski definition) is 1. The first-order valence-corrected chi connectivity index (χ1v) is 11.1. The van der Waals surface area contributed by atoms with Crippen molar-refractivity contribution in [2.24, 2.45) is 0 Å². The molecule has 0 spiro atoms. The molecule has 0 saturated heterocycles. The van der Waals surface area contributed by atoms with Crippen LogP contribution < -0.4 is 4.72 Å². The molecule has 142 valence electrons. The van der Waals surface area contributed by atoms with Crippen LogP contribution in [0.5, 0.6) is 0 Å². The normalized spacial score (nSPS) is 11.9. The average molecular weight is 421 g/mol. The molecule has 1 N–H and O–H groups in total. The first-order valence-electron chi connectivity index (χ1n) is 8.42. The fourth-order valence-electron chi connectivity index (χ4n) is 2.80. The van der Waals surface area contributed by atoms with E-state index in [-0.39, 0.29) is 10.8 Å². The van der Waals surface area contributed by atoms with Crippen molar-refractivity contribution in [3.8, 4) is 11.1 Å². The van der Waals surface area contributed by atoms with Crippen molar-refractivity contribution in [1.82, 2.24) is 9.62 Å². The summed E-state index contributed by atoms with van der Waals surface area (Å²) < 4.78 is 28.2. The zero-order valence-electron chi connectivity index (χ0n) is 15.1. The Morgan fingerprint density at radius 1 is 1.00 bits per heavy atom. The second kappa shape index (κ2) is 8.54. The topological polar surface area (TPSA) is 49.4 Å². The fourth-order valence-corrected chi connectivity index (χ4v) is 5.33. The number of sulfonamides is 1. The SMILES string of the molecule is CN(C)Cc1ccc(-c2ccccc2CNS(=O)(=O)c2ccc(Cl)s2)cc1. The van der Waals surface area contributed by atoms with Crippen molar-refractivity contribution >= 4 is 33.0 Å². The molecule has 0 amide bonds. The molecule has 0 aliphatic rings. The second-order valence-electron chi connectivity index (χ2n) is 6.47. The summed E-state index contributed by atoms with van der Waals surface area (Å²) in [4.78, 5) is 2.12. The number of hydrogen-bond acceptors (Lipinski definition) is 4. The van der Waals surface area contributed by atoms with Gasteiger partial charge < -0.3 is 4.90 Å². The van der Waals surface area contributed by atoms with Crippen LogP contribution in [0.3, 0.4) is 0 Å². The molecule has 0 atom stereocenters. The zero-order valence-corrected chi connectivity index (χ0v) is 17.5. The molecule has 1 heterocycles. The molecule has 0 radical (unpaired) electrons. The van der Waals surface area contributed by atoms with E-state index in [0.29, 0.717) is 4.34 Å². The molecule has 3 aromatic rings. The Hall–Kier alpha value is -1.70. The minimum absolute atomic E-state index is 0.216. The molecule has 4 nitrogen and oxygen atoms in total. The maximum Gasteiger partial charge on any atom is 0.250 e. The van der Waals surface area contributed by atoms with E-state index < -0.39 is 10.0 Å². The van der Waals surface area contributed by atoms with Gasteiger partial charge in [0.25, 0.3) is 0 Å². The number of nitrogens with one attached hydrogen (secondary N) is 1. The summed E-state index contributed by atoms with van der Waals surface area (Å²) in [6.07, 6.45) is 0. The minimum atomic E-state index is -3.58. The van der Waals surface area contributed by atoms with Gasteiger partial charge in [-0.15, -0.1) is 11.3 Å². The minimum Gasteiger partial charge on any atom is -0.305 e. The summed E-state index contributed by atoms with van der Waals surface area (Å²) in [6.45, 7) is 1.10. The van der Waals surface area contributed by atoms with Gasteiger partial charge in [-0.1, -0.05) is 60.1 Å². The molecular weight excluding hydrogens is 400 g/mol. The van der Waals surface area contributed by atoms with Crippen LogP contribution in [0.25, 0.3) is 11.1 Å². The first kappa shape index (κ1) is 20.0. The van der Waals surface area contributed by atoms with Gasteiger partial charge in [0.1, 0.15) is 4.21 Å². The van der Waals surface area contributed by atoms with E-state index in [0.717, 1.165) is 34.6 Å². The van der Waals surface area contributed by atoms with Gasteiger partial charge in [-0.05, 0) is 48.5 Å². The Labute approximate surface area is 169 Å². The van der Waals surface area contributed by atoms with Gasteiger partial charge >= 0.3 is 0 Å². The van der Waals surface area contributed by atoms with Crippen LogP contribution in [-0.2, 0) is 23.1 Å². The third-order valence-corrected chi connectivity index (χ3v) is 7.17. The number of thiophene rings is 1. The molecule has 0 saturated carbocycles. The van der Waals surface area contributed by atoms with E-state index in [4.69, 9.17) is 11.6 Å². The number of benzene rings is 2. The Kier molecular flexibility index (Phi) is 6.34. The van der Waals surface area contributed by atoms with Crippen molar-refractivity contribution in [3.05, 3.63) is 76.1 Å². The Morgan fingerprint density at radius 3 is 2.33 bits per heavy atom. The highest BCUT2D eigenvalue weighted by Gasteiger charge is 2.17. The van der Waals surface area contributed by atoms with E-state index in [1.165, 1.54) is 11.6 Å². The van der Waals surface area contributed by atoms with Crippen LogP contribution in [0.15, 0.2) is 64.9 Å². The van der Waals surface area contributed by atoms with Crippen LogP contribution >= 0.6 is 22.9 Å². The first-order chi connectivity index (χ1) is 12.8. The fraction of sp³-hybridized carbons (Fsp3) is 0.200. The summed E-state index contributed by atoms with van der Waals surface area (Å²) in [6, 6.07) is 19.3. The molecule has 27 heavy (non-hydrogen) atoms. The average Bonchev–Trinajstić information content (AvgIpc) is 3.08. The largest absolute Gasteiger partial charge is 0.305 e. The van der Waals surface area contributed by atoms with Crippen LogP contribution in [0.4, 0.5) is 0 Å². The summed E-state index contributed by atoms with van der Waals surface area (Å²) in [5.74, 6) is 0. The van der Waals surface area contributed by atoms with Gasteiger partial charge in [-0.3, -0.25) is 0 Å². The van der Waals surface area contributed by atoms with E-state index >= 15 is 0 Å². The van der Waals surface area contributed by atoms with Gasteiger partial charge in [-0.2, -0.15) is 0 Å². The maximum atomic E-state index is 12.4. The summed E-state index contributed by atoms with van der Waals surface area (Å²) in [7, 11) is 0.497. The van der Waals surface area contributed by atoms with Gasteiger partial charge in [-0.25, -0.2) is 13.1 Å². The lowest BCUT2D eigenvalue weighted by Gasteiger charge is -2.13. The van der Waals surface area contributed by atoms with Gasteiger partial charge in [0.05, 0.1) is 4.34 Å². The predicted molar refractivity (Wildman–Crippen MR) is 113 cm³/mol. The maximum absolute atomic E-state index is 12.4. The van der Waals surface area contributed by atoms with Crippen LogP contribution in [0.1, 0.15) is 11.1 Å². The molecule has 0 aliphatic heterocycles. The molecule has 0 unspecified atom stereocenters. The van der Waals surface area contributed by atoms with Gasteiger partial charge in [0.2, 0.25) is 10.0 Å². The molecule has 0 fully saturated rings. The van der Waals surface area contributed by atoms with Gasteiger partial charge in [0, 0.05) is 13.1 Å². The van der Waals surface area contributed by atoms with Crippen LogP contribution in [-0.4, -0.2) is 27.4 Å². The van der Waals surface area contributed by atoms with Gasteiger partial charge in [0.15, 0.2) is 0 Å². The lowest BCUT2D eigenvalue weighted by Crippen LogP contribution is -2.22. The third-order valence-electron chi connectivity index (χ3n) is 4.05. The van der Waals surface area contributed by atoms with Crippen LogP contribution in [0.2, 0.25) is 4.34 Å². The Morgan fingerprint density at radius 2 is 1.70 bits per heavy atom. The number of rotatable bonds is 7. The van der Waals surface area contributed by atoms with E-state index in [1.807, 2.05) is 38.4 Å². The molecule has 2 aromatic carbocycles. The molecule has 1 aromatic heterocycles. The van der Waals surface area contributed by atoms with Crippen LogP contribution in [0, 0.1) is 0 Å². The molecule has 0 aliphatic carbocycles. The highest BCUT2D eigenvalue weighted by molar-refractivity contribution is 7.91. The predicted octanol–water partition coefficient (Wildman–Crippen LogP) is 4.61. The number of halogens is 1. The van der Waals surface area contributed by atoms with E-state index in [1.54, 1.807) is 6.07 Å². The summed E-state index contributed by atoms with van der Waals surface area (Å²) >= 11 is 6.90. The Balaban J connectivity index is 1.80.